The van der Waals surface area contributed by atoms with Crippen LogP contribution in [0.25, 0.3) is 16.7 Å². The zero-order valence-corrected chi connectivity index (χ0v) is 9.83. The maximum absolute atomic E-state index is 8.85. The molecule has 0 saturated carbocycles. The van der Waals surface area contributed by atoms with E-state index in [1.807, 2.05) is 31.2 Å². The van der Waals surface area contributed by atoms with Gasteiger partial charge in [-0.25, -0.2) is 9.67 Å². The van der Waals surface area contributed by atoms with E-state index in [1.54, 1.807) is 23.1 Å². The zero-order valence-electron chi connectivity index (χ0n) is 9.83. The summed E-state index contributed by atoms with van der Waals surface area (Å²) < 4.78 is 1.80. The summed E-state index contributed by atoms with van der Waals surface area (Å²) in [4.78, 5) is 4.31. The molecule has 0 unspecified atom stereocenters. The number of nitrogens with zero attached hydrogens (tertiary/aromatic N) is 4. The van der Waals surface area contributed by atoms with Crippen LogP contribution in [0.1, 0.15) is 11.1 Å². The summed E-state index contributed by atoms with van der Waals surface area (Å²) >= 11 is 0. The lowest BCUT2D eigenvalue weighted by molar-refractivity contribution is 0.889. The molecule has 0 amide bonds. The second-order valence-electron chi connectivity index (χ2n) is 4.09. The van der Waals surface area contributed by atoms with Gasteiger partial charge in [0, 0.05) is 11.6 Å². The van der Waals surface area contributed by atoms with Crippen molar-refractivity contribution in [1.29, 1.82) is 5.26 Å². The lowest BCUT2D eigenvalue weighted by Gasteiger charge is -2.05. The third-order valence-electron chi connectivity index (χ3n) is 2.88. The van der Waals surface area contributed by atoms with Crippen LogP contribution in [-0.4, -0.2) is 14.8 Å². The standard InChI is InChI=1S/C14H10N4/c1-10-4-2-3-5-13(10)18-14-12(9-17-18)6-11(7-15)8-16-14/h2-6,8-9H,1H3. The van der Waals surface area contributed by atoms with Crippen molar-refractivity contribution in [1.82, 2.24) is 14.8 Å². The number of hydrogen-bond acceptors (Lipinski definition) is 3. The molecule has 1 aromatic carbocycles. The van der Waals surface area contributed by atoms with E-state index >= 15 is 0 Å². The van der Waals surface area contributed by atoms with Gasteiger partial charge in [-0.05, 0) is 24.6 Å². The van der Waals surface area contributed by atoms with Crippen molar-refractivity contribution in [3.63, 3.8) is 0 Å². The predicted molar refractivity (Wildman–Crippen MR) is 68.3 cm³/mol. The Labute approximate surface area is 104 Å². The van der Waals surface area contributed by atoms with Crippen LogP contribution in [0.15, 0.2) is 42.7 Å². The molecular weight excluding hydrogens is 224 g/mol. The summed E-state index contributed by atoms with van der Waals surface area (Å²) in [6.45, 7) is 2.03. The van der Waals surface area contributed by atoms with E-state index < -0.39 is 0 Å². The monoisotopic (exact) mass is 234 g/mol. The van der Waals surface area contributed by atoms with Gasteiger partial charge in [0.25, 0.3) is 0 Å². The highest BCUT2D eigenvalue weighted by molar-refractivity contribution is 5.77. The van der Waals surface area contributed by atoms with E-state index in [4.69, 9.17) is 5.26 Å². The van der Waals surface area contributed by atoms with Gasteiger partial charge in [0.05, 0.1) is 17.4 Å². The first kappa shape index (κ1) is 10.5. The Morgan fingerprint density at radius 3 is 2.83 bits per heavy atom. The van der Waals surface area contributed by atoms with Crippen molar-refractivity contribution in [3.05, 3.63) is 53.9 Å². The van der Waals surface area contributed by atoms with Gasteiger partial charge in [0.15, 0.2) is 5.65 Å². The molecule has 0 fully saturated rings. The average molecular weight is 234 g/mol. The molecular formula is C14H10N4. The molecule has 0 aliphatic carbocycles. The molecule has 0 N–H and O–H groups in total. The van der Waals surface area contributed by atoms with Crippen molar-refractivity contribution in [3.8, 4) is 11.8 Å². The zero-order chi connectivity index (χ0) is 12.5. The fraction of sp³-hybridized carbons (Fsp3) is 0.0714. The van der Waals surface area contributed by atoms with Crippen LogP contribution in [0.3, 0.4) is 0 Å². The van der Waals surface area contributed by atoms with Gasteiger partial charge in [0.2, 0.25) is 0 Å². The van der Waals surface area contributed by atoms with E-state index in [9.17, 15) is 0 Å². The van der Waals surface area contributed by atoms with Crippen LogP contribution >= 0.6 is 0 Å². The van der Waals surface area contributed by atoms with Crippen LogP contribution < -0.4 is 0 Å². The highest BCUT2D eigenvalue weighted by Crippen LogP contribution is 2.19. The van der Waals surface area contributed by atoms with Crippen LogP contribution in [0, 0.1) is 18.3 Å². The minimum atomic E-state index is 0.548. The highest BCUT2D eigenvalue weighted by atomic mass is 15.3. The lowest BCUT2D eigenvalue weighted by Crippen LogP contribution is -1.99. The van der Waals surface area contributed by atoms with E-state index in [-0.39, 0.29) is 0 Å². The van der Waals surface area contributed by atoms with Gasteiger partial charge < -0.3 is 0 Å². The van der Waals surface area contributed by atoms with E-state index in [2.05, 4.69) is 16.2 Å². The van der Waals surface area contributed by atoms with Crippen LogP contribution in [0.2, 0.25) is 0 Å². The largest absolute Gasteiger partial charge is 0.235 e. The van der Waals surface area contributed by atoms with Gasteiger partial charge in [0.1, 0.15) is 6.07 Å². The first-order chi connectivity index (χ1) is 8.79. The average Bonchev–Trinajstić information content (AvgIpc) is 2.82. The first-order valence-corrected chi connectivity index (χ1v) is 5.59. The maximum Gasteiger partial charge on any atom is 0.162 e. The minimum absolute atomic E-state index is 0.548. The Balaban J connectivity index is 2.26. The second-order valence-corrected chi connectivity index (χ2v) is 4.09. The maximum atomic E-state index is 8.85. The third kappa shape index (κ3) is 1.54. The SMILES string of the molecule is Cc1ccccc1-n1ncc2cc(C#N)cnc21. The number of fused-ring (bicyclic) bond motifs is 1. The predicted octanol–water partition coefficient (Wildman–Crippen LogP) is 2.60. The van der Waals surface area contributed by atoms with Gasteiger partial charge >= 0.3 is 0 Å². The molecule has 0 saturated heterocycles. The Morgan fingerprint density at radius 1 is 1.22 bits per heavy atom. The van der Waals surface area contributed by atoms with Crippen molar-refractivity contribution >= 4 is 11.0 Å². The molecule has 2 heterocycles. The van der Waals surface area contributed by atoms with Crippen molar-refractivity contribution in [2.45, 2.75) is 6.92 Å². The fourth-order valence-electron chi connectivity index (χ4n) is 1.96. The van der Waals surface area contributed by atoms with E-state index in [0.717, 1.165) is 22.3 Å². The van der Waals surface area contributed by atoms with Crippen LogP contribution in [0.4, 0.5) is 0 Å². The molecule has 3 aromatic rings. The van der Waals surface area contributed by atoms with Gasteiger partial charge in [-0.1, -0.05) is 18.2 Å². The molecule has 86 valence electrons. The Hall–Kier alpha value is -2.67. The number of para-hydroxylation sites is 1. The normalized spacial score (nSPS) is 10.4. The molecule has 2 aromatic heterocycles. The molecule has 0 aliphatic rings. The molecule has 0 spiro atoms. The van der Waals surface area contributed by atoms with Gasteiger partial charge in [-0.3, -0.25) is 0 Å². The molecule has 0 atom stereocenters. The summed E-state index contributed by atoms with van der Waals surface area (Å²) in [5.41, 5.74) is 3.45. The van der Waals surface area contributed by atoms with E-state index in [1.165, 1.54) is 0 Å². The topological polar surface area (TPSA) is 54.5 Å². The summed E-state index contributed by atoms with van der Waals surface area (Å²) in [5, 5.41) is 14.1. The Kier molecular flexibility index (Phi) is 2.31. The first-order valence-electron chi connectivity index (χ1n) is 5.59. The minimum Gasteiger partial charge on any atom is -0.235 e. The number of aromatic nitrogens is 3. The molecule has 0 aliphatic heterocycles. The van der Waals surface area contributed by atoms with E-state index in [0.29, 0.717) is 5.56 Å². The van der Waals surface area contributed by atoms with Gasteiger partial charge in [-0.2, -0.15) is 10.4 Å². The number of hydrogen-bond donors (Lipinski definition) is 0. The number of rotatable bonds is 1. The molecule has 3 rings (SSSR count). The van der Waals surface area contributed by atoms with Crippen LogP contribution in [-0.2, 0) is 0 Å². The number of pyridine rings is 1. The molecule has 4 nitrogen and oxygen atoms in total. The Morgan fingerprint density at radius 2 is 2.06 bits per heavy atom. The second kappa shape index (κ2) is 3.97. The highest BCUT2D eigenvalue weighted by Gasteiger charge is 2.08. The summed E-state index contributed by atoms with van der Waals surface area (Å²) in [7, 11) is 0. The number of aryl methyl sites for hydroxylation is 1. The summed E-state index contributed by atoms with van der Waals surface area (Å²) in [6, 6.07) is 11.9. The molecule has 0 radical (unpaired) electrons. The van der Waals surface area contributed by atoms with Crippen molar-refractivity contribution in [2.75, 3.05) is 0 Å². The molecule has 0 bridgehead atoms. The lowest BCUT2D eigenvalue weighted by atomic mass is 10.2. The van der Waals surface area contributed by atoms with Crippen molar-refractivity contribution in [2.24, 2.45) is 0 Å². The fourth-order valence-corrected chi connectivity index (χ4v) is 1.96. The van der Waals surface area contributed by atoms with Gasteiger partial charge in [-0.15, -0.1) is 0 Å². The van der Waals surface area contributed by atoms with Crippen molar-refractivity contribution < 1.29 is 0 Å². The molecule has 4 heteroatoms. The third-order valence-corrected chi connectivity index (χ3v) is 2.88. The number of benzene rings is 1. The quantitative estimate of drug-likeness (QED) is 0.650. The molecule has 18 heavy (non-hydrogen) atoms. The Bertz CT molecular complexity index is 765. The summed E-state index contributed by atoms with van der Waals surface area (Å²) in [5.74, 6) is 0. The van der Waals surface area contributed by atoms with Crippen LogP contribution in [0.5, 0.6) is 0 Å². The summed E-state index contributed by atoms with van der Waals surface area (Å²) in [6.07, 6.45) is 3.30. The number of nitriles is 1. The smallest absolute Gasteiger partial charge is 0.162 e.